The van der Waals surface area contributed by atoms with E-state index in [1.54, 1.807) is 12.1 Å². The van der Waals surface area contributed by atoms with Crippen molar-refractivity contribution in [3.05, 3.63) is 33.9 Å². The minimum atomic E-state index is -0.487. The van der Waals surface area contributed by atoms with Crippen LogP contribution in [0.4, 0.5) is 11.4 Å². The van der Waals surface area contributed by atoms with Gasteiger partial charge in [-0.25, -0.2) is 0 Å². The van der Waals surface area contributed by atoms with Crippen LogP contribution in [0.1, 0.15) is 30.6 Å². The number of anilines is 1. The Morgan fingerprint density at radius 2 is 1.83 bits per heavy atom. The average molecular weight is 333 g/mol. The zero-order valence-corrected chi connectivity index (χ0v) is 14.0. The first-order valence-electron chi connectivity index (χ1n) is 8.36. The van der Waals surface area contributed by atoms with Gasteiger partial charge in [0.2, 0.25) is 0 Å². The lowest BCUT2D eigenvalue weighted by Crippen LogP contribution is -2.53. The van der Waals surface area contributed by atoms with Crippen LogP contribution >= 0.6 is 0 Å². The van der Waals surface area contributed by atoms with Crippen LogP contribution in [0.5, 0.6) is 0 Å². The highest BCUT2D eigenvalue weighted by molar-refractivity contribution is 5.96. The molecule has 2 heterocycles. The Labute approximate surface area is 141 Å². The fourth-order valence-electron chi connectivity index (χ4n) is 3.73. The number of hydrogen-bond donors (Lipinski definition) is 1. The van der Waals surface area contributed by atoms with E-state index in [0.717, 1.165) is 19.5 Å². The number of amides is 1. The summed E-state index contributed by atoms with van der Waals surface area (Å²) in [5.74, 6) is 0.699. The van der Waals surface area contributed by atoms with Crippen molar-refractivity contribution < 1.29 is 14.8 Å². The number of likely N-dealkylation sites (tertiary alicyclic amines) is 1. The van der Waals surface area contributed by atoms with Crippen molar-refractivity contribution in [2.24, 2.45) is 11.8 Å². The summed E-state index contributed by atoms with van der Waals surface area (Å²) in [6, 6.07) is 4.71. The topological polar surface area (TPSA) is 86.9 Å². The highest BCUT2D eigenvalue weighted by atomic mass is 16.6. The van der Waals surface area contributed by atoms with Gasteiger partial charge >= 0.3 is 0 Å². The second-order valence-corrected chi connectivity index (χ2v) is 7.18. The van der Waals surface area contributed by atoms with Gasteiger partial charge in [0.1, 0.15) is 5.69 Å². The molecule has 1 aromatic rings. The van der Waals surface area contributed by atoms with Crippen molar-refractivity contribution in [1.29, 1.82) is 0 Å². The summed E-state index contributed by atoms with van der Waals surface area (Å²) >= 11 is 0. The van der Waals surface area contributed by atoms with E-state index < -0.39 is 11.0 Å². The average Bonchev–Trinajstić information content (AvgIpc) is 2.49. The number of benzene rings is 1. The minimum Gasteiger partial charge on any atom is -0.389 e. The molecule has 1 N–H and O–H groups in total. The summed E-state index contributed by atoms with van der Waals surface area (Å²) < 4.78 is 0. The maximum Gasteiger partial charge on any atom is 0.293 e. The van der Waals surface area contributed by atoms with Crippen molar-refractivity contribution in [2.45, 2.75) is 26.4 Å². The lowest BCUT2D eigenvalue weighted by atomic mass is 9.91. The molecule has 7 nitrogen and oxygen atoms in total. The summed E-state index contributed by atoms with van der Waals surface area (Å²) in [5.41, 5.74) is 0.859. The normalized spacial score (nSPS) is 24.6. The molecule has 7 heteroatoms. The Balaban J connectivity index is 1.87. The molecule has 2 fully saturated rings. The second-order valence-electron chi connectivity index (χ2n) is 7.18. The fraction of sp³-hybridized carbons (Fsp3) is 0.588. The molecule has 0 aromatic heterocycles. The van der Waals surface area contributed by atoms with Crippen LogP contribution in [0.2, 0.25) is 0 Å². The van der Waals surface area contributed by atoms with E-state index in [1.807, 2.05) is 0 Å². The maximum atomic E-state index is 12.3. The number of rotatable bonds is 3. The smallest absolute Gasteiger partial charge is 0.293 e. The summed E-state index contributed by atoms with van der Waals surface area (Å²) in [5, 5.41) is 20.8. The van der Waals surface area contributed by atoms with Crippen molar-refractivity contribution >= 4 is 17.3 Å². The van der Waals surface area contributed by atoms with Crippen LogP contribution in [0.25, 0.3) is 0 Å². The standard InChI is InChI=1S/C17H23N3O4/c1-11-5-12(2)8-18(7-11)15-4-3-13(6-16(15)20(23)24)17(22)19-9-14(21)10-19/h3-4,6,11-12,14,21H,5,7-10H2,1-2H3. The van der Waals surface area contributed by atoms with Gasteiger partial charge in [0.05, 0.1) is 11.0 Å². The third-order valence-corrected chi connectivity index (χ3v) is 4.78. The molecule has 130 valence electrons. The minimum absolute atomic E-state index is 0.0248. The number of aliphatic hydroxyl groups excluding tert-OH is 1. The highest BCUT2D eigenvalue weighted by Gasteiger charge is 2.32. The predicted octanol–water partition coefficient (Wildman–Crippen LogP) is 1.89. The van der Waals surface area contributed by atoms with E-state index in [2.05, 4.69) is 18.7 Å². The number of nitro benzene ring substituents is 1. The Morgan fingerprint density at radius 3 is 2.38 bits per heavy atom. The van der Waals surface area contributed by atoms with E-state index in [4.69, 9.17) is 0 Å². The maximum absolute atomic E-state index is 12.3. The van der Waals surface area contributed by atoms with Gasteiger partial charge in [-0.1, -0.05) is 13.8 Å². The van der Waals surface area contributed by atoms with Gasteiger partial charge in [0, 0.05) is 37.8 Å². The molecule has 24 heavy (non-hydrogen) atoms. The molecular weight excluding hydrogens is 310 g/mol. The molecule has 0 bridgehead atoms. The van der Waals surface area contributed by atoms with Crippen molar-refractivity contribution in [1.82, 2.24) is 4.90 Å². The van der Waals surface area contributed by atoms with Gasteiger partial charge in [0.15, 0.2) is 0 Å². The second kappa shape index (κ2) is 6.39. The molecule has 0 radical (unpaired) electrons. The summed E-state index contributed by atoms with van der Waals surface area (Å²) in [6.45, 7) is 6.46. The lowest BCUT2D eigenvalue weighted by molar-refractivity contribution is -0.384. The molecule has 0 aliphatic carbocycles. The number of nitro groups is 1. The molecule has 2 saturated heterocycles. The van der Waals surface area contributed by atoms with Crippen LogP contribution < -0.4 is 4.90 Å². The summed E-state index contributed by atoms with van der Waals surface area (Å²) in [6.07, 6.45) is 0.637. The highest BCUT2D eigenvalue weighted by Crippen LogP contribution is 2.34. The number of carbonyl (C=O) groups excluding carboxylic acids is 1. The molecule has 1 aromatic carbocycles. The van der Waals surface area contributed by atoms with Crippen LogP contribution in [0, 0.1) is 22.0 Å². The van der Waals surface area contributed by atoms with Crippen LogP contribution in [0.3, 0.4) is 0 Å². The molecule has 2 atom stereocenters. The van der Waals surface area contributed by atoms with Gasteiger partial charge < -0.3 is 14.9 Å². The zero-order chi connectivity index (χ0) is 17.4. The predicted molar refractivity (Wildman–Crippen MR) is 90.2 cm³/mol. The van der Waals surface area contributed by atoms with Crippen LogP contribution in [-0.2, 0) is 0 Å². The molecule has 0 spiro atoms. The number of piperidine rings is 1. The monoisotopic (exact) mass is 333 g/mol. The molecule has 1 amide bonds. The Hall–Kier alpha value is -2.15. The fourth-order valence-corrected chi connectivity index (χ4v) is 3.73. The third-order valence-electron chi connectivity index (χ3n) is 4.78. The van der Waals surface area contributed by atoms with Gasteiger partial charge in [-0.2, -0.15) is 0 Å². The van der Waals surface area contributed by atoms with E-state index in [0.29, 0.717) is 23.1 Å². The first kappa shape index (κ1) is 16.7. The molecule has 0 saturated carbocycles. The summed E-state index contributed by atoms with van der Waals surface area (Å²) in [4.78, 5) is 27.0. The first-order valence-corrected chi connectivity index (χ1v) is 8.36. The molecule has 2 unspecified atom stereocenters. The number of β-amino-alcohol motifs (C(OH)–C–C–N with tert-alkyl or cyclic N) is 1. The lowest BCUT2D eigenvalue weighted by Gasteiger charge is -2.37. The van der Waals surface area contributed by atoms with Gasteiger partial charge in [-0.05, 0) is 30.4 Å². The number of nitrogens with zero attached hydrogens (tertiary/aromatic N) is 3. The van der Waals surface area contributed by atoms with Crippen LogP contribution in [0.15, 0.2) is 18.2 Å². The largest absolute Gasteiger partial charge is 0.389 e. The zero-order valence-electron chi connectivity index (χ0n) is 14.0. The van der Waals surface area contributed by atoms with Gasteiger partial charge in [0.25, 0.3) is 11.6 Å². The van der Waals surface area contributed by atoms with Crippen molar-refractivity contribution in [2.75, 3.05) is 31.1 Å². The Morgan fingerprint density at radius 1 is 1.21 bits per heavy atom. The third kappa shape index (κ3) is 3.21. The van der Waals surface area contributed by atoms with E-state index in [9.17, 15) is 20.0 Å². The van der Waals surface area contributed by atoms with Crippen molar-refractivity contribution in [3.63, 3.8) is 0 Å². The molecular formula is C17H23N3O4. The molecule has 3 rings (SSSR count). The first-order chi connectivity index (χ1) is 11.3. The van der Waals surface area contributed by atoms with Gasteiger partial charge in [-0.15, -0.1) is 0 Å². The summed E-state index contributed by atoms with van der Waals surface area (Å²) in [7, 11) is 0. The van der Waals surface area contributed by atoms with Crippen LogP contribution in [-0.4, -0.2) is 53.1 Å². The van der Waals surface area contributed by atoms with Gasteiger partial charge in [-0.3, -0.25) is 14.9 Å². The van der Waals surface area contributed by atoms with E-state index >= 15 is 0 Å². The number of aliphatic hydroxyl groups is 1. The van der Waals surface area contributed by atoms with Crippen molar-refractivity contribution in [3.8, 4) is 0 Å². The Bertz CT molecular complexity index is 647. The Kier molecular flexibility index (Phi) is 4.45. The number of carbonyl (C=O) groups is 1. The quantitative estimate of drug-likeness (QED) is 0.674. The van der Waals surface area contributed by atoms with E-state index in [1.165, 1.54) is 11.0 Å². The SMILES string of the molecule is CC1CC(C)CN(c2ccc(C(=O)N3CC(O)C3)cc2[N+](=O)[O-])C1. The number of hydrogen-bond acceptors (Lipinski definition) is 5. The molecule has 2 aliphatic heterocycles. The van der Waals surface area contributed by atoms with E-state index in [-0.39, 0.29) is 24.7 Å². The molecule has 2 aliphatic rings.